The summed E-state index contributed by atoms with van der Waals surface area (Å²) in [6, 6.07) is 14.3. The maximum atomic E-state index is 12.6. The molecule has 0 radical (unpaired) electrons. The van der Waals surface area contributed by atoms with Gasteiger partial charge in [-0.05, 0) is 55.8 Å². The molecule has 1 aliphatic rings. The number of nitrogens with one attached hydrogen (secondary N) is 2. The van der Waals surface area contributed by atoms with E-state index in [2.05, 4.69) is 20.8 Å². The van der Waals surface area contributed by atoms with Crippen LogP contribution in [0.4, 0.5) is 5.69 Å². The predicted octanol–water partition coefficient (Wildman–Crippen LogP) is 4.08. The van der Waals surface area contributed by atoms with Crippen molar-refractivity contribution in [1.82, 2.24) is 5.32 Å². The number of hydrogen-bond donors (Lipinski definition) is 2. The Hall–Kier alpha value is -2.84. The van der Waals surface area contributed by atoms with Crippen LogP contribution in [0.3, 0.4) is 0 Å². The molecular weight excluding hydrogens is 424 g/mol. The Morgan fingerprint density at radius 2 is 1.93 bits per heavy atom. The van der Waals surface area contributed by atoms with Gasteiger partial charge in [0.05, 0.1) is 12.3 Å². The summed E-state index contributed by atoms with van der Waals surface area (Å²) in [4.78, 5) is 24.7. The highest BCUT2D eigenvalue weighted by atomic mass is 35.5. The number of ether oxygens (including phenoxy) is 1. The quantitative estimate of drug-likeness (QED) is 0.518. The molecule has 2 aromatic rings. The van der Waals surface area contributed by atoms with E-state index >= 15 is 0 Å². The van der Waals surface area contributed by atoms with Crippen LogP contribution >= 0.6 is 23.4 Å². The molecule has 9 heteroatoms. The number of carbonyl (C=O) groups is 2. The number of amides is 2. The summed E-state index contributed by atoms with van der Waals surface area (Å²) in [6.45, 7) is 4.28. The molecule has 1 heterocycles. The molecule has 1 fully saturated rings. The molecule has 0 unspecified atom stereocenters. The first-order valence-electron chi connectivity index (χ1n) is 9.33. The summed E-state index contributed by atoms with van der Waals surface area (Å²) in [7, 11) is 0. The zero-order chi connectivity index (χ0) is 21.5. The molecule has 30 heavy (non-hydrogen) atoms. The third kappa shape index (κ3) is 6.08. The van der Waals surface area contributed by atoms with E-state index in [1.807, 2.05) is 19.1 Å². The van der Waals surface area contributed by atoms with Crippen LogP contribution in [0.1, 0.15) is 25.8 Å². The number of hydrogen-bond acceptors (Lipinski definition) is 6. The van der Waals surface area contributed by atoms with Crippen molar-refractivity contribution < 1.29 is 14.3 Å². The number of halogens is 1. The normalized spacial score (nSPS) is 18.1. The highest BCUT2D eigenvalue weighted by molar-refractivity contribution is 8.15. The van der Waals surface area contributed by atoms with Gasteiger partial charge in [0.2, 0.25) is 11.8 Å². The fraction of sp³-hybridized carbons (Fsp3) is 0.238. The first-order valence-corrected chi connectivity index (χ1v) is 10.6. The Balaban J connectivity index is 1.66. The standard InChI is InChI=1S/C21H21ClN4O3S/c1-3-29-17-10-8-16(9-11-17)23-20(28)18-12-19(27)24-21(30-18)26-25-13(2)14-4-6-15(22)7-5-14/h4-11,18H,3,12H2,1-2H3,(H,23,28)(H,24,26,27)/b25-13-/t18-/m1/s1. The van der Waals surface area contributed by atoms with Crippen LogP contribution in [0, 0.1) is 0 Å². The lowest BCUT2D eigenvalue weighted by Gasteiger charge is -2.21. The van der Waals surface area contributed by atoms with Crippen molar-refractivity contribution in [3.05, 3.63) is 59.1 Å². The van der Waals surface area contributed by atoms with Crippen LogP contribution in [0.15, 0.2) is 58.7 Å². The van der Waals surface area contributed by atoms with Crippen molar-refractivity contribution in [2.75, 3.05) is 11.9 Å². The highest BCUT2D eigenvalue weighted by Crippen LogP contribution is 2.23. The Morgan fingerprint density at radius 1 is 1.23 bits per heavy atom. The van der Waals surface area contributed by atoms with Crippen molar-refractivity contribution in [3.63, 3.8) is 0 Å². The van der Waals surface area contributed by atoms with Crippen molar-refractivity contribution in [2.24, 2.45) is 10.2 Å². The molecule has 7 nitrogen and oxygen atoms in total. The number of anilines is 1. The highest BCUT2D eigenvalue weighted by Gasteiger charge is 2.30. The van der Waals surface area contributed by atoms with Crippen LogP contribution in [0.25, 0.3) is 0 Å². The van der Waals surface area contributed by atoms with Crippen LogP contribution in [-0.4, -0.2) is 34.6 Å². The molecule has 2 aromatic carbocycles. The Labute approximate surface area is 183 Å². The summed E-state index contributed by atoms with van der Waals surface area (Å²) in [6.07, 6.45) is 0.0619. The number of amidine groups is 1. The maximum Gasteiger partial charge on any atom is 0.238 e. The van der Waals surface area contributed by atoms with E-state index in [0.717, 1.165) is 11.3 Å². The number of rotatable bonds is 6. The second kappa shape index (κ2) is 10.3. The minimum atomic E-state index is -0.602. The van der Waals surface area contributed by atoms with Crippen molar-refractivity contribution in [3.8, 4) is 5.75 Å². The van der Waals surface area contributed by atoms with Gasteiger partial charge in [-0.25, -0.2) is 0 Å². The van der Waals surface area contributed by atoms with E-state index < -0.39 is 5.25 Å². The third-order valence-corrected chi connectivity index (χ3v) is 5.47. The lowest BCUT2D eigenvalue weighted by Crippen LogP contribution is -2.41. The first-order chi connectivity index (χ1) is 14.4. The summed E-state index contributed by atoms with van der Waals surface area (Å²) in [5.74, 6) is 0.175. The number of benzene rings is 2. The Kier molecular flexibility index (Phi) is 7.48. The van der Waals surface area contributed by atoms with Gasteiger partial charge in [-0.3, -0.25) is 9.59 Å². The van der Waals surface area contributed by atoms with Gasteiger partial charge in [-0.1, -0.05) is 35.5 Å². The fourth-order valence-electron chi connectivity index (χ4n) is 2.63. The van der Waals surface area contributed by atoms with Gasteiger partial charge in [0.25, 0.3) is 0 Å². The smallest absolute Gasteiger partial charge is 0.238 e. The number of carbonyl (C=O) groups excluding carboxylic acids is 2. The molecule has 0 bridgehead atoms. The Bertz CT molecular complexity index is 975. The zero-order valence-corrected chi connectivity index (χ0v) is 18.1. The largest absolute Gasteiger partial charge is 0.494 e. The van der Waals surface area contributed by atoms with Crippen molar-refractivity contribution >= 4 is 51.7 Å². The van der Waals surface area contributed by atoms with Crippen molar-refractivity contribution in [1.29, 1.82) is 0 Å². The van der Waals surface area contributed by atoms with Gasteiger partial charge in [-0.15, -0.1) is 5.10 Å². The third-order valence-electron chi connectivity index (χ3n) is 4.15. The lowest BCUT2D eigenvalue weighted by atomic mass is 10.1. The summed E-state index contributed by atoms with van der Waals surface area (Å²) < 4.78 is 5.39. The lowest BCUT2D eigenvalue weighted by molar-refractivity contribution is -0.123. The topological polar surface area (TPSA) is 92.1 Å². The van der Waals surface area contributed by atoms with E-state index in [1.54, 1.807) is 43.3 Å². The van der Waals surface area contributed by atoms with Gasteiger partial charge in [-0.2, -0.15) is 5.10 Å². The van der Waals surface area contributed by atoms with Gasteiger partial charge in [0.15, 0.2) is 5.17 Å². The number of thioether (sulfide) groups is 1. The number of nitrogens with zero attached hydrogens (tertiary/aromatic N) is 2. The van der Waals surface area contributed by atoms with E-state index in [9.17, 15) is 9.59 Å². The molecule has 2 amide bonds. The SMILES string of the molecule is CCOc1ccc(NC(=O)[C@H]2CC(=O)N/C(=N/N=C(/C)c3ccc(Cl)cc3)S2)cc1. The van der Waals surface area contributed by atoms with Crippen molar-refractivity contribution in [2.45, 2.75) is 25.5 Å². The molecule has 1 aliphatic heterocycles. The Morgan fingerprint density at radius 3 is 2.60 bits per heavy atom. The average molecular weight is 445 g/mol. The summed E-state index contributed by atoms with van der Waals surface area (Å²) in [5, 5.41) is 14.1. The summed E-state index contributed by atoms with van der Waals surface area (Å²) in [5.41, 5.74) is 2.15. The van der Waals surface area contributed by atoms with Gasteiger partial charge in [0.1, 0.15) is 11.0 Å². The molecule has 0 aromatic heterocycles. The molecule has 2 N–H and O–H groups in total. The minimum absolute atomic E-state index is 0.0619. The maximum absolute atomic E-state index is 12.6. The molecule has 0 spiro atoms. The first kappa shape index (κ1) is 21.9. The average Bonchev–Trinajstić information content (AvgIpc) is 2.74. The van der Waals surface area contributed by atoms with Gasteiger partial charge in [0, 0.05) is 17.1 Å². The molecule has 0 saturated carbocycles. The monoisotopic (exact) mass is 444 g/mol. The van der Waals surface area contributed by atoms with Crippen LogP contribution in [-0.2, 0) is 9.59 Å². The van der Waals surface area contributed by atoms with Gasteiger partial charge < -0.3 is 15.4 Å². The second-order valence-corrected chi connectivity index (χ2v) is 8.03. The molecule has 3 rings (SSSR count). The van der Waals surface area contributed by atoms with E-state index in [-0.39, 0.29) is 23.4 Å². The predicted molar refractivity (Wildman–Crippen MR) is 121 cm³/mol. The van der Waals surface area contributed by atoms with Gasteiger partial charge >= 0.3 is 0 Å². The van der Waals surface area contributed by atoms with E-state index in [0.29, 0.717) is 23.0 Å². The zero-order valence-electron chi connectivity index (χ0n) is 16.5. The van der Waals surface area contributed by atoms with Crippen LogP contribution in [0.2, 0.25) is 5.02 Å². The van der Waals surface area contributed by atoms with Crippen LogP contribution in [0.5, 0.6) is 5.75 Å². The van der Waals surface area contributed by atoms with E-state index in [1.165, 1.54) is 11.8 Å². The molecule has 1 atom stereocenters. The molecular formula is C21H21ClN4O3S. The molecule has 0 aliphatic carbocycles. The van der Waals surface area contributed by atoms with E-state index in [4.69, 9.17) is 16.3 Å². The van der Waals surface area contributed by atoms with Crippen LogP contribution < -0.4 is 15.4 Å². The molecule has 1 saturated heterocycles. The molecule has 156 valence electrons. The second-order valence-electron chi connectivity index (χ2n) is 6.40. The fourth-order valence-corrected chi connectivity index (χ4v) is 3.69. The summed E-state index contributed by atoms with van der Waals surface area (Å²) >= 11 is 7.06. The minimum Gasteiger partial charge on any atom is -0.494 e.